The number of hydrogen-bond acceptors (Lipinski definition) is 6. The average Bonchev–Trinajstić information content (AvgIpc) is 3.28. The smallest absolute Gasteiger partial charge is 0.240 e. The number of nitrogens with one attached hydrogen (secondary N) is 2. The number of carbonyl (C=O) groups is 1. The van der Waals surface area contributed by atoms with Gasteiger partial charge in [0.1, 0.15) is 11.0 Å². The standard InChI is InChI=1S/C24H21N5O2S/c1-31-19-14-12-18(13-15-19)25-23(30)21-20(16-8-4-2-5-9-16)28-29-22(26-27-24(29)32-21)17-10-6-3-7-11-17/h2-15,20-21,28H,1H3,(H,25,30)/t20-,21-/m0/s1. The zero-order valence-corrected chi connectivity index (χ0v) is 18.1. The Balaban J connectivity index is 1.47. The maximum Gasteiger partial charge on any atom is 0.240 e. The van der Waals surface area contributed by atoms with E-state index in [2.05, 4.69) is 20.9 Å². The lowest BCUT2D eigenvalue weighted by Gasteiger charge is -2.33. The highest BCUT2D eigenvalue weighted by atomic mass is 32.2. The van der Waals surface area contributed by atoms with E-state index < -0.39 is 5.25 Å². The lowest BCUT2D eigenvalue weighted by Crippen LogP contribution is -2.41. The second-order valence-electron chi connectivity index (χ2n) is 7.28. The number of hydrogen-bond donors (Lipinski definition) is 2. The average molecular weight is 444 g/mol. The SMILES string of the molecule is COc1ccc(NC(=O)[C@H]2Sc3nnc(-c4ccccc4)n3N[C@H]2c2ccccc2)cc1. The van der Waals surface area contributed by atoms with Crippen LogP contribution in [0.25, 0.3) is 11.4 Å². The van der Waals surface area contributed by atoms with Gasteiger partial charge in [-0.1, -0.05) is 72.4 Å². The van der Waals surface area contributed by atoms with Gasteiger partial charge < -0.3 is 15.5 Å². The molecule has 0 bridgehead atoms. The number of rotatable bonds is 5. The zero-order chi connectivity index (χ0) is 21.9. The molecule has 2 heterocycles. The van der Waals surface area contributed by atoms with Crippen LogP contribution in [0.15, 0.2) is 90.1 Å². The maximum atomic E-state index is 13.3. The molecule has 0 radical (unpaired) electrons. The fraction of sp³-hybridized carbons (Fsp3) is 0.125. The molecule has 4 aromatic rings. The third-order valence-electron chi connectivity index (χ3n) is 5.24. The summed E-state index contributed by atoms with van der Waals surface area (Å²) in [4.78, 5) is 13.3. The molecule has 2 N–H and O–H groups in total. The van der Waals surface area contributed by atoms with E-state index >= 15 is 0 Å². The van der Waals surface area contributed by atoms with Crippen molar-refractivity contribution < 1.29 is 9.53 Å². The number of anilines is 1. The first-order valence-electron chi connectivity index (χ1n) is 10.2. The minimum absolute atomic E-state index is 0.114. The molecule has 1 amide bonds. The molecule has 1 aromatic heterocycles. The molecular formula is C24H21N5O2S. The molecule has 0 fully saturated rings. The van der Waals surface area contributed by atoms with E-state index in [0.717, 1.165) is 16.9 Å². The Labute approximate surface area is 189 Å². The van der Waals surface area contributed by atoms with Gasteiger partial charge in [0, 0.05) is 11.3 Å². The molecule has 0 unspecified atom stereocenters. The van der Waals surface area contributed by atoms with Crippen molar-refractivity contribution >= 4 is 23.4 Å². The summed E-state index contributed by atoms with van der Waals surface area (Å²) in [6, 6.07) is 26.8. The van der Waals surface area contributed by atoms with Crippen LogP contribution in [0.3, 0.4) is 0 Å². The summed E-state index contributed by atoms with van der Waals surface area (Å²) in [7, 11) is 1.61. The summed E-state index contributed by atoms with van der Waals surface area (Å²) in [5.41, 5.74) is 6.15. The number of aromatic nitrogens is 3. The molecule has 3 aromatic carbocycles. The van der Waals surface area contributed by atoms with Crippen LogP contribution < -0.4 is 15.5 Å². The van der Waals surface area contributed by atoms with Crippen LogP contribution in [0.4, 0.5) is 5.69 Å². The van der Waals surface area contributed by atoms with Crippen LogP contribution in [-0.4, -0.2) is 33.1 Å². The summed E-state index contributed by atoms with van der Waals surface area (Å²) in [5.74, 6) is 1.33. The van der Waals surface area contributed by atoms with Crippen molar-refractivity contribution in [2.75, 3.05) is 17.9 Å². The van der Waals surface area contributed by atoms with E-state index in [9.17, 15) is 4.79 Å². The molecule has 160 valence electrons. The van der Waals surface area contributed by atoms with E-state index in [1.54, 1.807) is 7.11 Å². The van der Waals surface area contributed by atoms with Gasteiger partial charge >= 0.3 is 0 Å². The van der Waals surface area contributed by atoms with Crippen molar-refractivity contribution in [3.63, 3.8) is 0 Å². The van der Waals surface area contributed by atoms with Gasteiger partial charge in [0.05, 0.1) is 13.2 Å². The second kappa shape index (κ2) is 8.76. The van der Waals surface area contributed by atoms with Crippen LogP contribution in [0.5, 0.6) is 5.75 Å². The quantitative estimate of drug-likeness (QED) is 0.477. The fourth-order valence-corrected chi connectivity index (χ4v) is 4.71. The molecule has 0 saturated carbocycles. The highest BCUT2D eigenvalue weighted by Gasteiger charge is 2.38. The van der Waals surface area contributed by atoms with Gasteiger partial charge in [-0.15, -0.1) is 10.2 Å². The number of methoxy groups -OCH3 is 1. The van der Waals surface area contributed by atoms with Crippen molar-refractivity contribution in [1.82, 2.24) is 14.9 Å². The molecule has 8 heteroatoms. The second-order valence-corrected chi connectivity index (χ2v) is 8.39. The lowest BCUT2D eigenvalue weighted by atomic mass is 10.0. The maximum absolute atomic E-state index is 13.3. The first kappa shape index (κ1) is 20.1. The third kappa shape index (κ3) is 3.92. The number of benzene rings is 3. The van der Waals surface area contributed by atoms with Gasteiger partial charge in [-0.3, -0.25) is 4.79 Å². The first-order chi connectivity index (χ1) is 15.7. The Morgan fingerprint density at radius 1 is 0.969 bits per heavy atom. The van der Waals surface area contributed by atoms with Gasteiger partial charge in [0.15, 0.2) is 5.82 Å². The number of fused-ring (bicyclic) bond motifs is 1. The summed E-state index contributed by atoms with van der Waals surface area (Å²) >= 11 is 1.40. The predicted molar refractivity (Wildman–Crippen MR) is 125 cm³/mol. The highest BCUT2D eigenvalue weighted by molar-refractivity contribution is 8.00. The minimum Gasteiger partial charge on any atom is -0.497 e. The Kier molecular flexibility index (Phi) is 5.51. The highest BCUT2D eigenvalue weighted by Crippen LogP contribution is 2.39. The molecule has 7 nitrogen and oxygen atoms in total. The van der Waals surface area contributed by atoms with Crippen LogP contribution in [0.2, 0.25) is 0 Å². The van der Waals surface area contributed by atoms with Crippen molar-refractivity contribution in [2.45, 2.75) is 16.4 Å². The summed E-state index contributed by atoms with van der Waals surface area (Å²) < 4.78 is 7.07. The van der Waals surface area contributed by atoms with E-state index in [-0.39, 0.29) is 11.9 Å². The van der Waals surface area contributed by atoms with Gasteiger partial charge in [-0.25, -0.2) is 4.68 Å². The molecule has 32 heavy (non-hydrogen) atoms. The van der Waals surface area contributed by atoms with Crippen molar-refractivity contribution in [3.05, 3.63) is 90.5 Å². The molecule has 0 saturated heterocycles. The van der Waals surface area contributed by atoms with Crippen molar-refractivity contribution in [2.24, 2.45) is 0 Å². The van der Waals surface area contributed by atoms with Gasteiger partial charge in [-0.05, 0) is 29.8 Å². The van der Waals surface area contributed by atoms with Crippen LogP contribution in [0.1, 0.15) is 11.6 Å². The normalized spacial score (nSPS) is 17.2. The number of nitrogens with zero attached hydrogens (tertiary/aromatic N) is 3. The topological polar surface area (TPSA) is 81.1 Å². The van der Waals surface area contributed by atoms with Gasteiger partial charge in [0.2, 0.25) is 11.1 Å². The van der Waals surface area contributed by atoms with E-state index in [4.69, 9.17) is 4.74 Å². The van der Waals surface area contributed by atoms with Gasteiger partial charge in [-0.2, -0.15) is 0 Å². The molecule has 1 aliphatic rings. The Hall–Kier alpha value is -3.78. The minimum atomic E-state index is -0.445. The largest absolute Gasteiger partial charge is 0.497 e. The number of thioether (sulfide) groups is 1. The van der Waals surface area contributed by atoms with E-state index in [1.165, 1.54) is 11.8 Å². The molecule has 5 rings (SSSR count). The molecule has 1 aliphatic heterocycles. The molecular weight excluding hydrogens is 422 g/mol. The molecule has 2 atom stereocenters. The third-order valence-corrected chi connectivity index (χ3v) is 6.46. The zero-order valence-electron chi connectivity index (χ0n) is 17.3. The lowest BCUT2D eigenvalue weighted by molar-refractivity contribution is -0.116. The Morgan fingerprint density at radius 3 is 2.34 bits per heavy atom. The first-order valence-corrected chi connectivity index (χ1v) is 11.0. The predicted octanol–water partition coefficient (Wildman–Crippen LogP) is 4.35. The van der Waals surface area contributed by atoms with E-state index in [0.29, 0.717) is 16.7 Å². The van der Waals surface area contributed by atoms with Crippen molar-refractivity contribution in [3.8, 4) is 17.1 Å². The van der Waals surface area contributed by atoms with Crippen LogP contribution >= 0.6 is 11.8 Å². The summed E-state index contributed by atoms with van der Waals surface area (Å²) in [6.07, 6.45) is 0. The number of carbonyl (C=O) groups excluding carboxylic acids is 1. The number of amides is 1. The number of ether oxygens (including phenoxy) is 1. The molecule has 0 aliphatic carbocycles. The van der Waals surface area contributed by atoms with Crippen LogP contribution in [0, 0.1) is 0 Å². The Bertz CT molecular complexity index is 1210. The van der Waals surface area contributed by atoms with Crippen LogP contribution in [-0.2, 0) is 4.79 Å². The Morgan fingerprint density at radius 2 is 1.66 bits per heavy atom. The summed E-state index contributed by atoms with van der Waals surface area (Å²) in [5, 5.41) is 11.9. The van der Waals surface area contributed by atoms with Crippen molar-refractivity contribution in [1.29, 1.82) is 0 Å². The monoisotopic (exact) mass is 443 g/mol. The van der Waals surface area contributed by atoms with Gasteiger partial charge in [0.25, 0.3) is 0 Å². The fourth-order valence-electron chi connectivity index (χ4n) is 3.63. The molecule has 0 spiro atoms. The van der Waals surface area contributed by atoms with E-state index in [1.807, 2.05) is 89.6 Å². The summed E-state index contributed by atoms with van der Waals surface area (Å²) in [6.45, 7) is 0.